The molecule has 1 atom stereocenters. The number of rotatable bonds is 3. The molecule has 7 heteroatoms. The summed E-state index contributed by atoms with van der Waals surface area (Å²) in [4.78, 5) is 2.83. The maximum atomic E-state index is 12.6. The van der Waals surface area contributed by atoms with Gasteiger partial charge in [-0.1, -0.05) is 30.3 Å². The van der Waals surface area contributed by atoms with Crippen molar-refractivity contribution in [1.29, 1.82) is 0 Å². The van der Waals surface area contributed by atoms with Crippen molar-refractivity contribution in [2.75, 3.05) is 18.4 Å². The summed E-state index contributed by atoms with van der Waals surface area (Å²) in [6, 6.07) is 15.7. The molecule has 6 nitrogen and oxygen atoms in total. The van der Waals surface area contributed by atoms with Crippen LogP contribution in [0, 0.1) is 12.8 Å². The first-order valence-electron chi connectivity index (χ1n) is 10.6. The Kier molecular flexibility index (Phi) is 4.84. The van der Waals surface area contributed by atoms with E-state index in [1.54, 1.807) is 12.1 Å². The molecule has 3 heterocycles. The maximum Gasteiger partial charge on any atom is 0.244 e. The number of piperidine rings is 1. The molecule has 3 aromatic rings. The minimum absolute atomic E-state index is 0.244. The summed E-state index contributed by atoms with van der Waals surface area (Å²) in [6.45, 7) is 5.07. The summed E-state index contributed by atoms with van der Waals surface area (Å²) in [7, 11) is -1.33. The fourth-order valence-corrected chi connectivity index (χ4v) is 6.32. The number of likely N-dealkylation sites (tertiary alicyclic amines) is 1. The third-order valence-corrected chi connectivity index (χ3v) is 8.28. The molecule has 0 spiro atoms. The van der Waals surface area contributed by atoms with E-state index in [1.165, 1.54) is 22.2 Å². The highest BCUT2D eigenvalue weighted by atomic mass is 32.2. The van der Waals surface area contributed by atoms with Crippen LogP contribution in [0.15, 0.2) is 53.4 Å². The van der Waals surface area contributed by atoms with Crippen LogP contribution in [0.1, 0.15) is 24.1 Å². The lowest BCUT2D eigenvalue weighted by Gasteiger charge is -2.39. The van der Waals surface area contributed by atoms with E-state index in [9.17, 15) is 8.42 Å². The molecule has 2 aliphatic heterocycles. The first-order valence-corrected chi connectivity index (χ1v) is 12.1. The van der Waals surface area contributed by atoms with Crippen LogP contribution < -0.4 is 10.0 Å². The van der Waals surface area contributed by atoms with Gasteiger partial charge >= 0.3 is 0 Å². The second-order valence-electron chi connectivity index (χ2n) is 8.49. The van der Waals surface area contributed by atoms with E-state index in [0.29, 0.717) is 10.6 Å². The number of para-hydroxylation sites is 2. The molecule has 158 valence electrons. The van der Waals surface area contributed by atoms with Gasteiger partial charge in [-0.15, -0.1) is 0 Å². The summed E-state index contributed by atoms with van der Waals surface area (Å²) >= 11 is 0. The van der Waals surface area contributed by atoms with Gasteiger partial charge in [0.05, 0.1) is 11.9 Å². The smallest absolute Gasteiger partial charge is 0.244 e. The third kappa shape index (κ3) is 3.31. The lowest BCUT2D eigenvalue weighted by Crippen LogP contribution is -2.51. The van der Waals surface area contributed by atoms with Crippen LogP contribution in [0.3, 0.4) is 0 Å². The minimum Gasteiger partial charge on any atom is -0.368 e. The van der Waals surface area contributed by atoms with Crippen molar-refractivity contribution in [3.63, 3.8) is 0 Å². The fourth-order valence-electron chi connectivity index (χ4n) is 4.93. The van der Waals surface area contributed by atoms with Crippen molar-refractivity contribution >= 4 is 26.6 Å². The van der Waals surface area contributed by atoms with E-state index < -0.39 is 10.0 Å². The van der Waals surface area contributed by atoms with Crippen LogP contribution >= 0.6 is 0 Å². The fraction of sp³-hybridized carbons (Fsp3) is 0.391. The zero-order chi connectivity index (χ0) is 20.9. The summed E-state index contributed by atoms with van der Waals surface area (Å²) in [5.41, 5.74) is 4.70. The maximum absolute atomic E-state index is 12.6. The number of fused-ring (bicyclic) bond motifs is 2. The van der Waals surface area contributed by atoms with Crippen LogP contribution in [0.5, 0.6) is 0 Å². The van der Waals surface area contributed by atoms with Gasteiger partial charge < -0.3 is 9.88 Å². The molecule has 0 unspecified atom stereocenters. The van der Waals surface area contributed by atoms with Crippen LogP contribution in [0.2, 0.25) is 0 Å². The molecular formula is C23H28N4O2S. The van der Waals surface area contributed by atoms with Crippen molar-refractivity contribution in [1.82, 2.24) is 14.2 Å². The number of aromatic nitrogens is 1. The molecular weight excluding hydrogens is 396 g/mol. The molecule has 2 N–H and O–H groups in total. The van der Waals surface area contributed by atoms with E-state index in [-0.39, 0.29) is 12.1 Å². The minimum atomic E-state index is -3.46. The van der Waals surface area contributed by atoms with Gasteiger partial charge in [0.1, 0.15) is 4.90 Å². The second kappa shape index (κ2) is 7.41. The molecule has 30 heavy (non-hydrogen) atoms. The van der Waals surface area contributed by atoms with Crippen LogP contribution in [0.4, 0.5) is 5.69 Å². The average molecular weight is 425 g/mol. The Balaban J connectivity index is 1.29. The summed E-state index contributed by atoms with van der Waals surface area (Å²) in [5, 5.41) is 4.74. The van der Waals surface area contributed by atoms with E-state index >= 15 is 0 Å². The molecule has 0 bridgehead atoms. The lowest BCUT2D eigenvalue weighted by molar-refractivity contribution is 0.163. The highest BCUT2D eigenvalue weighted by Crippen LogP contribution is 2.32. The van der Waals surface area contributed by atoms with E-state index in [1.807, 2.05) is 12.1 Å². The molecule has 2 aromatic carbocycles. The number of nitrogens with zero attached hydrogens (tertiary/aromatic N) is 2. The predicted octanol–water partition coefficient (Wildman–Crippen LogP) is 3.43. The molecule has 1 aromatic heterocycles. The number of hydrogen-bond donors (Lipinski definition) is 2. The Morgan fingerprint density at radius 2 is 1.73 bits per heavy atom. The number of nitrogens with one attached hydrogen (secondary N) is 2. The summed E-state index contributed by atoms with van der Waals surface area (Å²) in [5.74, 6) is 0.276. The molecule has 0 saturated carbocycles. The zero-order valence-electron chi connectivity index (χ0n) is 17.4. The van der Waals surface area contributed by atoms with Gasteiger partial charge in [0.25, 0.3) is 0 Å². The highest BCUT2D eigenvalue weighted by Gasteiger charge is 2.35. The number of aryl methyl sites for hydroxylation is 1. The number of benzene rings is 2. The SMILES string of the molecule is Cc1c(CN2CCC([C@@H]3Nc4ccccc4S(=O)(=O)N3)CC2)c2ccccc2n1C. The van der Waals surface area contributed by atoms with Gasteiger partial charge in [0.15, 0.2) is 0 Å². The van der Waals surface area contributed by atoms with Crippen molar-refractivity contribution in [3.05, 3.63) is 59.8 Å². The number of hydrogen-bond acceptors (Lipinski definition) is 4. The third-order valence-electron chi connectivity index (χ3n) is 6.79. The van der Waals surface area contributed by atoms with Gasteiger partial charge in [-0.25, -0.2) is 8.42 Å². The normalized spacial score (nSPS) is 22.0. The lowest BCUT2D eigenvalue weighted by atomic mass is 9.93. The molecule has 1 saturated heterocycles. The Hall–Kier alpha value is -2.35. The van der Waals surface area contributed by atoms with Gasteiger partial charge in [0.2, 0.25) is 10.0 Å². The zero-order valence-corrected chi connectivity index (χ0v) is 18.2. The quantitative estimate of drug-likeness (QED) is 0.676. The van der Waals surface area contributed by atoms with E-state index in [0.717, 1.165) is 32.5 Å². The molecule has 1 fully saturated rings. The average Bonchev–Trinajstić information content (AvgIpc) is 2.99. The van der Waals surface area contributed by atoms with Crippen LogP contribution in [-0.2, 0) is 23.6 Å². The Bertz CT molecular complexity index is 1190. The van der Waals surface area contributed by atoms with Crippen molar-refractivity contribution in [2.45, 2.75) is 37.4 Å². The summed E-state index contributed by atoms with van der Waals surface area (Å²) in [6.07, 6.45) is 1.68. The number of sulfonamides is 1. The predicted molar refractivity (Wildman–Crippen MR) is 120 cm³/mol. The first-order chi connectivity index (χ1) is 14.4. The molecule has 0 radical (unpaired) electrons. The standard InChI is InChI=1S/C23H28N4O2S/c1-16-19(18-7-3-5-9-21(18)26(16)2)15-27-13-11-17(12-14-27)23-24-20-8-4-6-10-22(20)30(28,29)25-23/h3-10,17,23-25H,11-15H2,1-2H3/t23-/m1/s1. The second-order valence-corrected chi connectivity index (χ2v) is 10.2. The Morgan fingerprint density at radius 3 is 2.53 bits per heavy atom. The van der Waals surface area contributed by atoms with E-state index in [2.05, 4.69) is 57.7 Å². The van der Waals surface area contributed by atoms with Crippen LogP contribution in [0.25, 0.3) is 10.9 Å². The molecule has 0 aliphatic carbocycles. The van der Waals surface area contributed by atoms with Gasteiger partial charge in [0, 0.05) is 30.2 Å². The largest absolute Gasteiger partial charge is 0.368 e. The van der Waals surface area contributed by atoms with Gasteiger partial charge in [-0.2, -0.15) is 4.72 Å². The molecule has 0 amide bonds. The molecule has 2 aliphatic rings. The Morgan fingerprint density at radius 1 is 1.03 bits per heavy atom. The van der Waals surface area contributed by atoms with Gasteiger partial charge in [-0.3, -0.25) is 4.90 Å². The van der Waals surface area contributed by atoms with Crippen molar-refractivity contribution < 1.29 is 8.42 Å². The monoisotopic (exact) mass is 424 g/mol. The topological polar surface area (TPSA) is 66.4 Å². The van der Waals surface area contributed by atoms with Crippen molar-refractivity contribution in [3.8, 4) is 0 Å². The summed E-state index contributed by atoms with van der Waals surface area (Å²) < 4.78 is 30.4. The first kappa shape index (κ1) is 19.6. The highest BCUT2D eigenvalue weighted by molar-refractivity contribution is 7.89. The van der Waals surface area contributed by atoms with Gasteiger partial charge in [-0.05, 0) is 62.5 Å². The van der Waals surface area contributed by atoms with E-state index in [4.69, 9.17) is 0 Å². The Labute approximate surface area is 177 Å². The van der Waals surface area contributed by atoms with Crippen molar-refractivity contribution in [2.24, 2.45) is 13.0 Å². The number of anilines is 1. The van der Waals surface area contributed by atoms with Crippen LogP contribution in [-0.4, -0.2) is 37.1 Å². The molecule has 5 rings (SSSR count).